The van der Waals surface area contributed by atoms with E-state index < -0.39 is 11.6 Å². The van der Waals surface area contributed by atoms with Crippen molar-refractivity contribution in [1.29, 1.82) is 0 Å². The summed E-state index contributed by atoms with van der Waals surface area (Å²) < 4.78 is 0. The Bertz CT molecular complexity index is 652. The van der Waals surface area contributed by atoms with Crippen LogP contribution < -0.4 is 0 Å². The van der Waals surface area contributed by atoms with Gasteiger partial charge in [0.05, 0.1) is 11.1 Å². The normalized spacial score (nSPS) is 9.83. The maximum absolute atomic E-state index is 12.2. The van der Waals surface area contributed by atoms with Crippen LogP contribution in [0.5, 0.6) is 11.5 Å². The summed E-state index contributed by atoms with van der Waals surface area (Å²) in [5.74, 6) is -1.49. The van der Waals surface area contributed by atoms with Crippen molar-refractivity contribution >= 4 is 11.6 Å². The van der Waals surface area contributed by atoms with Crippen LogP contribution in [0.2, 0.25) is 0 Å². The number of hydrogen-bond acceptors (Lipinski definition) is 4. The van der Waals surface area contributed by atoms with E-state index in [1.54, 1.807) is 12.1 Å². The van der Waals surface area contributed by atoms with Crippen LogP contribution >= 0.6 is 0 Å². The van der Waals surface area contributed by atoms with Crippen LogP contribution in [0.3, 0.4) is 0 Å². The number of carbonyl (C=O) groups is 2. The van der Waals surface area contributed by atoms with Gasteiger partial charge in [-0.2, -0.15) is 0 Å². The minimum Gasteiger partial charge on any atom is -0.507 e. The topological polar surface area (TPSA) is 74.6 Å². The first kappa shape index (κ1) is 30.3. The van der Waals surface area contributed by atoms with E-state index in [-0.39, 0.29) is 97.6 Å². The van der Waals surface area contributed by atoms with Crippen molar-refractivity contribution < 1.29 is 53.9 Å². The molecule has 4 nitrogen and oxygen atoms in total. The Morgan fingerprint density at radius 2 is 0.875 bits per heavy atom. The second-order valence-corrected chi connectivity index (χ2v) is 4.06. The van der Waals surface area contributed by atoms with Crippen LogP contribution in [0.25, 0.3) is 0 Å². The molecule has 0 atom stereocenters. The summed E-state index contributed by atoms with van der Waals surface area (Å²) >= 11 is 0. The van der Waals surface area contributed by atoms with Crippen molar-refractivity contribution in [1.82, 2.24) is 0 Å². The van der Waals surface area contributed by atoms with E-state index in [9.17, 15) is 19.8 Å². The fraction of sp³-hybridized carbons (Fsp3) is 0. The number of fused-ring (bicyclic) bond motifs is 2. The van der Waals surface area contributed by atoms with Gasteiger partial charge in [0.15, 0.2) is 11.6 Å². The molecular weight excluding hydrogens is 407 g/mol. The molecule has 0 bridgehead atoms. The fourth-order valence-electron chi connectivity index (χ4n) is 2.19. The number of aromatic hydroxyl groups is 2. The van der Waals surface area contributed by atoms with Crippen LogP contribution in [0.1, 0.15) is 31.8 Å². The number of ketones is 2. The molecule has 2 N–H and O–H groups in total. The van der Waals surface area contributed by atoms with E-state index in [0.29, 0.717) is 0 Å². The molecule has 0 unspecified atom stereocenters. The van der Waals surface area contributed by atoms with Crippen LogP contribution in [-0.4, -0.2) is 21.8 Å². The Hall–Kier alpha value is -1.58. The summed E-state index contributed by atoms with van der Waals surface area (Å²) in [5, 5.41) is 19.4. The molecule has 0 fully saturated rings. The first-order valence-corrected chi connectivity index (χ1v) is 5.34. The molecule has 0 saturated carbocycles. The van der Waals surface area contributed by atoms with Crippen molar-refractivity contribution in [2.45, 2.75) is 0 Å². The van der Waals surface area contributed by atoms with Gasteiger partial charge in [0.2, 0.25) is 0 Å². The van der Waals surface area contributed by atoms with Gasteiger partial charge in [0.1, 0.15) is 11.5 Å². The van der Waals surface area contributed by atoms with Crippen molar-refractivity contribution in [3.05, 3.63) is 88.4 Å². The smallest absolute Gasteiger partial charge is 0.507 e. The maximum atomic E-state index is 12.2. The van der Waals surface area contributed by atoms with Crippen LogP contribution in [0.15, 0.2) is 36.4 Å². The van der Waals surface area contributed by atoms with Crippen LogP contribution in [0.4, 0.5) is 0 Å². The predicted molar refractivity (Wildman–Crippen MR) is 88.7 cm³/mol. The third-order valence-electron chi connectivity index (χ3n) is 3.03. The summed E-state index contributed by atoms with van der Waals surface area (Å²) in [5.41, 5.74) is 0.240. The molecule has 1 aliphatic rings. The molecule has 0 saturated heterocycles. The molecule has 2 radical (unpaired) electrons. The Kier molecular flexibility index (Phi) is 14.0. The molecule has 6 heteroatoms. The SMILES string of the molecule is O=C1c2ccccc2C(=O)c2c(O)ccc(O)c21.[CH3-].[CH3-].[CH3-].[CH3-].[Cu+2].[Cu+2]. The van der Waals surface area contributed by atoms with Gasteiger partial charge in [0, 0.05) is 11.1 Å². The molecule has 0 aromatic heterocycles. The maximum Gasteiger partial charge on any atom is 2.00 e. The number of phenols is 2. The molecule has 24 heavy (non-hydrogen) atoms. The zero-order chi connectivity index (χ0) is 12.9. The quantitative estimate of drug-likeness (QED) is 0.326. The van der Waals surface area contributed by atoms with Crippen LogP contribution in [-0.2, 0) is 34.1 Å². The molecule has 2 aromatic carbocycles. The van der Waals surface area contributed by atoms with Gasteiger partial charge >= 0.3 is 34.1 Å². The molecule has 138 valence electrons. The van der Waals surface area contributed by atoms with Crippen molar-refractivity contribution in [2.24, 2.45) is 0 Å². The number of hydrogen-bond donors (Lipinski definition) is 2. The second-order valence-electron chi connectivity index (χ2n) is 4.06. The number of benzene rings is 2. The van der Waals surface area contributed by atoms with E-state index in [2.05, 4.69) is 0 Å². The average Bonchev–Trinajstić information content (AvgIpc) is 2.38. The Balaban J connectivity index is -0.000000333. The molecule has 1 aliphatic carbocycles. The van der Waals surface area contributed by atoms with E-state index in [1.807, 2.05) is 0 Å². The first-order valence-electron chi connectivity index (χ1n) is 5.34. The second kappa shape index (κ2) is 11.1. The van der Waals surface area contributed by atoms with Crippen molar-refractivity contribution in [3.63, 3.8) is 0 Å². The van der Waals surface area contributed by atoms with Crippen molar-refractivity contribution in [3.8, 4) is 11.5 Å². The third-order valence-corrected chi connectivity index (χ3v) is 3.03. The third kappa shape index (κ3) is 4.28. The first-order chi connectivity index (χ1) is 8.61. The largest absolute Gasteiger partial charge is 2.00 e. The van der Waals surface area contributed by atoms with Gasteiger partial charge in [-0.1, -0.05) is 24.3 Å². The molecule has 0 aliphatic heterocycles. The van der Waals surface area contributed by atoms with E-state index in [4.69, 9.17) is 0 Å². The van der Waals surface area contributed by atoms with E-state index in [1.165, 1.54) is 24.3 Å². The van der Waals surface area contributed by atoms with Gasteiger partial charge in [-0.05, 0) is 12.1 Å². The molecular formula is C18H20Cu2O4. The summed E-state index contributed by atoms with van der Waals surface area (Å²) in [6, 6.07) is 8.76. The van der Waals surface area contributed by atoms with Gasteiger partial charge < -0.3 is 39.9 Å². The number of carbonyl (C=O) groups excluding carboxylic acids is 2. The zero-order valence-corrected chi connectivity index (χ0v) is 15.7. The molecule has 3 rings (SSSR count). The average molecular weight is 427 g/mol. The van der Waals surface area contributed by atoms with Crippen molar-refractivity contribution in [2.75, 3.05) is 0 Å². The zero-order valence-electron chi connectivity index (χ0n) is 13.8. The van der Waals surface area contributed by atoms with Crippen LogP contribution in [0, 0.1) is 29.7 Å². The summed E-state index contributed by atoms with van der Waals surface area (Å²) in [6.45, 7) is 0. The molecule has 0 heterocycles. The number of phenolic OH excluding ortho intramolecular Hbond substituents is 2. The summed E-state index contributed by atoms with van der Waals surface area (Å²) in [7, 11) is 0. The molecule has 0 amide bonds. The van der Waals surface area contributed by atoms with Gasteiger partial charge in [0.25, 0.3) is 0 Å². The Labute approximate surface area is 165 Å². The molecule has 0 spiro atoms. The van der Waals surface area contributed by atoms with Gasteiger partial charge in [-0.3, -0.25) is 9.59 Å². The van der Waals surface area contributed by atoms with E-state index in [0.717, 1.165) is 0 Å². The van der Waals surface area contributed by atoms with E-state index >= 15 is 0 Å². The standard InChI is InChI=1S/C14H8O4.4CH3.2Cu/c15-9-5-6-10(16)12-11(9)13(17)7-3-1-2-4-8(7)14(12)18;;;;;;/h1-6,15-16H;4*1H3;;/q;4*-1;2*+2. The Morgan fingerprint density at radius 3 is 1.17 bits per heavy atom. The minimum absolute atomic E-state index is 0. The summed E-state index contributed by atoms with van der Waals surface area (Å²) in [6.07, 6.45) is 0. The summed E-state index contributed by atoms with van der Waals surface area (Å²) in [4.78, 5) is 24.4. The molecule has 2 aromatic rings. The minimum atomic E-state index is -0.450. The van der Waals surface area contributed by atoms with Gasteiger partial charge in [-0.15, -0.1) is 0 Å². The monoisotopic (exact) mass is 426 g/mol. The fourth-order valence-corrected chi connectivity index (χ4v) is 2.19. The van der Waals surface area contributed by atoms with Gasteiger partial charge in [-0.25, -0.2) is 0 Å². The predicted octanol–water partition coefficient (Wildman–Crippen LogP) is 3.67. The number of rotatable bonds is 0. The Morgan fingerprint density at radius 1 is 0.583 bits per heavy atom.